The Labute approximate surface area is 174 Å². The lowest BCUT2D eigenvalue weighted by molar-refractivity contribution is -0.154. The van der Waals surface area contributed by atoms with Crippen molar-refractivity contribution in [1.82, 2.24) is 15.8 Å². The average molecular weight is 435 g/mol. The summed E-state index contributed by atoms with van der Waals surface area (Å²) in [7, 11) is 0. The summed E-state index contributed by atoms with van der Waals surface area (Å²) in [4.78, 5) is 27.7. The second-order valence-electron chi connectivity index (χ2n) is 6.06. The van der Waals surface area contributed by atoms with Crippen LogP contribution in [0.3, 0.4) is 0 Å². The fraction of sp³-hybridized carbons (Fsp3) is 0.150. The molecule has 11 heteroatoms. The van der Waals surface area contributed by atoms with E-state index in [2.05, 4.69) is 20.6 Å². The Kier molecular flexibility index (Phi) is 6.75. The summed E-state index contributed by atoms with van der Waals surface area (Å²) in [6.07, 6.45) is -3.49. The standard InChI is InChI=1S/C20H16F3N3O5/c21-20(22,23)12-30-17-9-6-13(10-24-17)18(27)25-26-19(28)16-8-7-15(31-16)11-29-14-4-2-1-3-5-14/h1-10H,11-12H2,(H,25,27)(H,26,28). The number of ether oxygens (including phenoxy) is 2. The van der Waals surface area contributed by atoms with Crippen molar-refractivity contribution in [3.8, 4) is 11.6 Å². The van der Waals surface area contributed by atoms with Gasteiger partial charge in [0.1, 0.15) is 18.1 Å². The number of pyridine rings is 1. The van der Waals surface area contributed by atoms with Crippen LogP contribution < -0.4 is 20.3 Å². The third-order valence-corrected chi connectivity index (χ3v) is 3.68. The van der Waals surface area contributed by atoms with Gasteiger partial charge >= 0.3 is 12.1 Å². The van der Waals surface area contributed by atoms with E-state index in [9.17, 15) is 22.8 Å². The van der Waals surface area contributed by atoms with E-state index in [1.165, 1.54) is 12.1 Å². The van der Waals surface area contributed by atoms with Gasteiger partial charge in [0.2, 0.25) is 5.88 Å². The fourth-order valence-electron chi connectivity index (χ4n) is 2.25. The quantitative estimate of drug-likeness (QED) is 0.553. The number of furan rings is 1. The first-order chi connectivity index (χ1) is 14.8. The number of halogens is 3. The summed E-state index contributed by atoms with van der Waals surface area (Å²) in [5.41, 5.74) is 4.31. The number of carbonyl (C=O) groups is 2. The van der Waals surface area contributed by atoms with Crippen molar-refractivity contribution in [2.45, 2.75) is 12.8 Å². The Balaban J connectivity index is 1.47. The smallest absolute Gasteiger partial charge is 0.422 e. The van der Waals surface area contributed by atoms with Crippen LogP contribution in [0.2, 0.25) is 0 Å². The predicted octanol–water partition coefficient (Wildman–Crippen LogP) is 3.27. The van der Waals surface area contributed by atoms with Gasteiger partial charge in [-0.15, -0.1) is 0 Å². The second-order valence-corrected chi connectivity index (χ2v) is 6.06. The molecule has 31 heavy (non-hydrogen) atoms. The molecule has 0 saturated carbocycles. The summed E-state index contributed by atoms with van der Waals surface area (Å²) >= 11 is 0. The van der Waals surface area contributed by atoms with Crippen molar-refractivity contribution in [3.63, 3.8) is 0 Å². The molecule has 0 aliphatic heterocycles. The zero-order valence-electron chi connectivity index (χ0n) is 15.8. The third-order valence-electron chi connectivity index (χ3n) is 3.68. The maximum Gasteiger partial charge on any atom is 0.422 e. The molecule has 0 radical (unpaired) electrons. The Bertz CT molecular complexity index is 1020. The predicted molar refractivity (Wildman–Crippen MR) is 100 cm³/mol. The monoisotopic (exact) mass is 435 g/mol. The molecule has 1 aromatic carbocycles. The van der Waals surface area contributed by atoms with E-state index < -0.39 is 24.6 Å². The van der Waals surface area contributed by atoms with Gasteiger partial charge in [0.05, 0.1) is 5.56 Å². The van der Waals surface area contributed by atoms with Gasteiger partial charge in [-0.1, -0.05) is 18.2 Å². The van der Waals surface area contributed by atoms with Gasteiger partial charge in [-0.2, -0.15) is 13.2 Å². The maximum absolute atomic E-state index is 12.1. The van der Waals surface area contributed by atoms with Crippen LogP contribution in [-0.2, 0) is 6.61 Å². The zero-order valence-corrected chi connectivity index (χ0v) is 15.8. The number of para-hydroxylation sites is 1. The van der Waals surface area contributed by atoms with Crippen LogP contribution in [-0.4, -0.2) is 29.6 Å². The molecular formula is C20H16F3N3O5. The topological polar surface area (TPSA) is 103 Å². The molecule has 0 aliphatic carbocycles. The van der Waals surface area contributed by atoms with E-state index in [0.717, 1.165) is 12.3 Å². The number of aromatic nitrogens is 1. The summed E-state index contributed by atoms with van der Waals surface area (Å²) in [5, 5.41) is 0. The lowest BCUT2D eigenvalue weighted by Gasteiger charge is -2.09. The molecule has 0 saturated heterocycles. The summed E-state index contributed by atoms with van der Waals surface area (Å²) in [6, 6.07) is 14.3. The van der Waals surface area contributed by atoms with Gasteiger partial charge in [0, 0.05) is 12.3 Å². The Morgan fingerprint density at radius 1 is 0.935 bits per heavy atom. The van der Waals surface area contributed by atoms with Crippen LogP contribution >= 0.6 is 0 Å². The van der Waals surface area contributed by atoms with Crippen LogP contribution in [0.15, 0.2) is 65.2 Å². The number of amides is 2. The van der Waals surface area contributed by atoms with Crippen molar-refractivity contribution < 1.29 is 36.7 Å². The minimum absolute atomic E-state index is 0.00365. The third kappa shape index (κ3) is 6.77. The highest BCUT2D eigenvalue weighted by atomic mass is 19.4. The minimum Gasteiger partial charge on any atom is -0.486 e. The van der Waals surface area contributed by atoms with Gasteiger partial charge in [-0.3, -0.25) is 20.4 Å². The Hall–Kier alpha value is -4.02. The fourth-order valence-corrected chi connectivity index (χ4v) is 2.25. The van der Waals surface area contributed by atoms with Gasteiger partial charge in [-0.05, 0) is 30.3 Å². The molecule has 0 atom stereocenters. The first-order valence-corrected chi connectivity index (χ1v) is 8.83. The van der Waals surface area contributed by atoms with E-state index in [-0.39, 0.29) is 23.8 Å². The minimum atomic E-state index is -4.50. The Morgan fingerprint density at radius 2 is 1.68 bits per heavy atom. The zero-order chi connectivity index (χ0) is 22.3. The number of nitrogens with zero attached hydrogens (tertiary/aromatic N) is 1. The lowest BCUT2D eigenvalue weighted by Crippen LogP contribution is -2.41. The molecule has 0 aliphatic rings. The molecule has 3 aromatic rings. The molecule has 3 rings (SSSR count). The van der Waals surface area contributed by atoms with Crippen molar-refractivity contribution in [1.29, 1.82) is 0 Å². The highest BCUT2D eigenvalue weighted by Crippen LogP contribution is 2.17. The number of carbonyl (C=O) groups excluding carboxylic acids is 2. The normalized spacial score (nSPS) is 10.9. The lowest BCUT2D eigenvalue weighted by atomic mass is 10.3. The van der Waals surface area contributed by atoms with Crippen molar-refractivity contribution in [2.24, 2.45) is 0 Å². The first kappa shape index (κ1) is 21.7. The average Bonchev–Trinajstić information content (AvgIpc) is 3.24. The highest BCUT2D eigenvalue weighted by molar-refractivity contribution is 5.97. The molecule has 0 fully saturated rings. The number of hydrogen-bond acceptors (Lipinski definition) is 6. The molecule has 0 unspecified atom stereocenters. The summed E-state index contributed by atoms with van der Waals surface area (Å²) < 4.78 is 51.7. The molecule has 2 aromatic heterocycles. The van der Waals surface area contributed by atoms with E-state index in [1.54, 1.807) is 18.2 Å². The number of rotatable bonds is 7. The van der Waals surface area contributed by atoms with Crippen LogP contribution in [0.4, 0.5) is 13.2 Å². The molecule has 2 amide bonds. The summed E-state index contributed by atoms with van der Waals surface area (Å²) in [6.45, 7) is -1.39. The van der Waals surface area contributed by atoms with Gasteiger partial charge in [0.25, 0.3) is 5.91 Å². The molecule has 2 heterocycles. The molecule has 8 nitrogen and oxygen atoms in total. The molecule has 2 N–H and O–H groups in total. The highest BCUT2D eigenvalue weighted by Gasteiger charge is 2.28. The molecular weight excluding hydrogens is 419 g/mol. The SMILES string of the molecule is O=C(NNC(=O)c1ccc(COc2ccccc2)o1)c1ccc(OCC(F)(F)F)nc1. The number of alkyl halides is 3. The molecule has 162 valence electrons. The van der Waals surface area contributed by atoms with E-state index in [0.29, 0.717) is 11.5 Å². The van der Waals surface area contributed by atoms with Gasteiger partial charge in [0.15, 0.2) is 12.4 Å². The number of hydrazine groups is 1. The van der Waals surface area contributed by atoms with Crippen LogP contribution in [0, 0.1) is 0 Å². The van der Waals surface area contributed by atoms with E-state index in [4.69, 9.17) is 9.15 Å². The van der Waals surface area contributed by atoms with E-state index >= 15 is 0 Å². The molecule has 0 bridgehead atoms. The number of benzene rings is 1. The molecule has 0 spiro atoms. The second kappa shape index (κ2) is 9.65. The Morgan fingerprint density at radius 3 is 2.35 bits per heavy atom. The van der Waals surface area contributed by atoms with Crippen molar-refractivity contribution >= 4 is 11.8 Å². The largest absolute Gasteiger partial charge is 0.486 e. The van der Waals surface area contributed by atoms with Gasteiger partial charge in [-0.25, -0.2) is 4.98 Å². The van der Waals surface area contributed by atoms with Crippen LogP contribution in [0.5, 0.6) is 11.6 Å². The van der Waals surface area contributed by atoms with Crippen LogP contribution in [0.25, 0.3) is 0 Å². The van der Waals surface area contributed by atoms with Crippen molar-refractivity contribution in [2.75, 3.05) is 6.61 Å². The number of nitrogens with one attached hydrogen (secondary N) is 2. The van der Waals surface area contributed by atoms with E-state index in [1.807, 2.05) is 18.2 Å². The first-order valence-electron chi connectivity index (χ1n) is 8.83. The summed E-state index contributed by atoms with van der Waals surface area (Å²) in [5.74, 6) is -0.751. The number of hydrogen-bond donors (Lipinski definition) is 2. The van der Waals surface area contributed by atoms with Crippen LogP contribution in [0.1, 0.15) is 26.7 Å². The van der Waals surface area contributed by atoms with Crippen molar-refractivity contribution in [3.05, 3.63) is 77.9 Å². The van der Waals surface area contributed by atoms with Gasteiger partial charge < -0.3 is 13.9 Å². The maximum atomic E-state index is 12.1.